The molecule has 0 saturated carbocycles. The highest BCUT2D eigenvalue weighted by molar-refractivity contribution is 5.94. The van der Waals surface area contributed by atoms with Gasteiger partial charge in [0.25, 0.3) is 23.6 Å². The van der Waals surface area contributed by atoms with E-state index in [2.05, 4.69) is 50.5 Å². The maximum absolute atomic E-state index is 12.5. The summed E-state index contributed by atoms with van der Waals surface area (Å²) in [5, 5.41) is 15.4. The summed E-state index contributed by atoms with van der Waals surface area (Å²) in [6.45, 7) is 6.52. The quantitative estimate of drug-likeness (QED) is 0.128. The molecule has 0 bridgehead atoms. The molecule has 2 atom stereocenters. The van der Waals surface area contributed by atoms with Gasteiger partial charge in [0.05, 0.1) is 68.1 Å². The number of carbonyl (C=O) groups excluding carboxylic acids is 2. The van der Waals surface area contributed by atoms with E-state index in [1.807, 2.05) is 13.8 Å². The van der Waals surface area contributed by atoms with E-state index >= 15 is 0 Å². The summed E-state index contributed by atoms with van der Waals surface area (Å²) in [5.41, 5.74) is 1.17. The van der Waals surface area contributed by atoms with Crippen LogP contribution in [-0.4, -0.2) is 115 Å². The zero-order valence-corrected chi connectivity index (χ0v) is 34.0. The van der Waals surface area contributed by atoms with Crippen LogP contribution in [0.4, 0.5) is 0 Å². The van der Waals surface area contributed by atoms with Crippen molar-refractivity contribution >= 4 is 11.8 Å². The molecule has 0 radical (unpaired) electrons. The van der Waals surface area contributed by atoms with Gasteiger partial charge in [-0.1, -0.05) is 0 Å². The molecule has 0 spiro atoms. The molecule has 2 saturated heterocycles. The third kappa shape index (κ3) is 11.1. The van der Waals surface area contributed by atoms with Crippen LogP contribution in [0.3, 0.4) is 0 Å². The molecule has 8 heterocycles. The lowest BCUT2D eigenvalue weighted by molar-refractivity contribution is 0.0788. The number of pyridine rings is 4. The van der Waals surface area contributed by atoms with Gasteiger partial charge in [0.1, 0.15) is 11.5 Å². The molecular weight excluding hydrogens is 801 g/mol. The first kappa shape index (κ1) is 42.9. The molecule has 0 aromatic carbocycles. The van der Waals surface area contributed by atoms with Gasteiger partial charge >= 0.3 is 0 Å². The smallest absolute Gasteiger partial charge is 0.262 e. The number of rotatable bonds is 15. The van der Waals surface area contributed by atoms with E-state index in [1.54, 1.807) is 73.6 Å². The number of aliphatic hydroxyl groups excluding tert-OH is 1. The van der Waals surface area contributed by atoms with Crippen molar-refractivity contribution in [1.29, 1.82) is 0 Å². The third-order valence-electron chi connectivity index (χ3n) is 9.32. The fraction of sp³-hybridized carbons (Fsp3) is 0.302. The Bertz CT molecular complexity index is 2410. The van der Waals surface area contributed by atoms with Gasteiger partial charge in [0.15, 0.2) is 23.1 Å². The van der Waals surface area contributed by atoms with Crippen LogP contribution >= 0.6 is 0 Å². The molecular formula is C43H44N10O9. The molecule has 62 heavy (non-hydrogen) atoms. The summed E-state index contributed by atoms with van der Waals surface area (Å²) >= 11 is 0. The topological polar surface area (TPSA) is 237 Å². The Balaban J connectivity index is 0.000000187. The number of hydrogen-bond acceptors (Lipinski definition) is 17. The monoisotopic (exact) mass is 844 g/mol. The van der Waals surface area contributed by atoms with Gasteiger partial charge in [-0.25, -0.2) is 29.9 Å². The normalized spacial score (nSPS) is 16.7. The molecule has 3 N–H and O–H groups in total. The molecule has 19 heteroatoms. The van der Waals surface area contributed by atoms with E-state index < -0.39 is 5.54 Å². The summed E-state index contributed by atoms with van der Waals surface area (Å²) in [7, 11) is 0. The van der Waals surface area contributed by atoms with Crippen LogP contribution in [-0.2, 0) is 9.47 Å². The van der Waals surface area contributed by atoms with Crippen molar-refractivity contribution in [1.82, 2.24) is 50.5 Å². The van der Waals surface area contributed by atoms with Crippen molar-refractivity contribution in [2.45, 2.75) is 38.3 Å². The first-order valence-electron chi connectivity index (χ1n) is 19.8. The number of ether oxygens (including phenoxy) is 6. The van der Waals surface area contributed by atoms with Crippen LogP contribution in [0.5, 0.6) is 34.8 Å². The van der Waals surface area contributed by atoms with Crippen molar-refractivity contribution in [2.75, 3.05) is 46.2 Å². The molecule has 2 unspecified atom stereocenters. The van der Waals surface area contributed by atoms with E-state index in [9.17, 15) is 14.7 Å². The lowest BCUT2D eigenvalue weighted by atomic mass is 9.99. The van der Waals surface area contributed by atoms with Crippen molar-refractivity contribution < 1.29 is 43.1 Å². The number of nitrogens with zero attached hydrogens (tertiary/aromatic N) is 8. The molecule has 2 fully saturated rings. The van der Waals surface area contributed by atoms with Crippen LogP contribution in [0.25, 0.3) is 22.8 Å². The highest BCUT2D eigenvalue weighted by Gasteiger charge is 2.36. The standard InChI is InChI=1S/C22H23N5O5.C21H21N5O4/c1-2-31-18-4-3-6-24-21(18)32-17-8-15(9-23-12-17)19-25-10-16(11-26-19)20(29)27-22(13-28)5-7-30-14-22;1-2-29-18-4-3-6-23-21(18)30-17-8-14(9-22-12-17)19-24-10-15(11-25-19)20(27)26-16-5-7-28-13-16/h3-4,6,8-12,28H,2,5,7,13-14H2,1H3,(H,27,29);3-4,6,8-12,16H,2,5,7,13H2,1H3,(H,26,27). The Hall–Kier alpha value is -7.22. The lowest BCUT2D eigenvalue weighted by Crippen LogP contribution is -2.52. The van der Waals surface area contributed by atoms with Crippen molar-refractivity contribution in [3.05, 3.63) is 109 Å². The Kier molecular flexibility index (Phi) is 14.4. The summed E-state index contributed by atoms with van der Waals surface area (Å²) in [4.78, 5) is 58.8. The predicted octanol–water partition coefficient (Wildman–Crippen LogP) is 4.65. The van der Waals surface area contributed by atoms with E-state index in [4.69, 9.17) is 28.4 Å². The second kappa shape index (κ2) is 20.8. The average Bonchev–Trinajstić information content (AvgIpc) is 4.01. The second-order valence-electron chi connectivity index (χ2n) is 13.8. The highest BCUT2D eigenvalue weighted by atomic mass is 16.5. The van der Waals surface area contributed by atoms with Gasteiger partial charge in [-0.05, 0) is 63.1 Å². The number of amides is 2. The number of aromatic nitrogens is 8. The van der Waals surface area contributed by atoms with Gasteiger partial charge in [-0.15, -0.1) is 0 Å². The maximum Gasteiger partial charge on any atom is 0.262 e. The number of nitrogens with one attached hydrogen (secondary N) is 2. The zero-order chi connectivity index (χ0) is 43.2. The number of hydrogen-bond donors (Lipinski definition) is 3. The van der Waals surface area contributed by atoms with Crippen LogP contribution < -0.4 is 29.6 Å². The SMILES string of the molecule is CCOc1cccnc1Oc1cncc(-c2ncc(C(=O)NC3(CO)CCOC3)cn2)c1.CCOc1cccnc1Oc1cncc(-c2ncc(C(=O)NC3CCOC3)cn2)c1. The van der Waals surface area contributed by atoms with Gasteiger partial charge < -0.3 is 44.2 Å². The molecule has 2 aliphatic rings. The molecule has 6 aromatic rings. The van der Waals surface area contributed by atoms with Gasteiger partial charge in [-0.2, -0.15) is 0 Å². The average molecular weight is 845 g/mol. The fourth-order valence-corrected chi connectivity index (χ4v) is 6.14. The molecule has 0 aliphatic carbocycles. The first-order valence-corrected chi connectivity index (χ1v) is 19.8. The third-order valence-corrected chi connectivity index (χ3v) is 9.32. The summed E-state index contributed by atoms with van der Waals surface area (Å²) in [6, 6.07) is 10.6. The molecule has 2 amide bonds. The minimum Gasteiger partial charge on any atom is -0.488 e. The van der Waals surface area contributed by atoms with Crippen molar-refractivity contribution in [3.63, 3.8) is 0 Å². The van der Waals surface area contributed by atoms with E-state index in [1.165, 1.54) is 24.8 Å². The Morgan fingerprint density at radius 1 is 0.726 bits per heavy atom. The van der Waals surface area contributed by atoms with E-state index in [-0.39, 0.29) is 36.6 Å². The highest BCUT2D eigenvalue weighted by Crippen LogP contribution is 2.31. The zero-order valence-electron chi connectivity index (χ0n) is 34.0. The van der Waals surface area contributed by atoms with Crippen LogP contribution in [0.15, 0.2) is 98.4 Å². The summed E-state index contributed by atoms with van der Waals surface area (Å²) in [5.74, 6) is 2.89. The molecule has 6 aromatic heterocycles. The number of carbonyl (C=O) groups is 2. The second-order valence-corrected chi connectivity index (χ2v) is 13.8. The summed E-state index contributed by atoms with van der Waals surface area (Å²) in [6.07, 6.45) is 16.8. The largest absolute Gasteiger partial charge is 0.488 e. The molecule has 2 aliphatic heterocycles. The lowest BCUT2D eigenvalue weighted by Gasteiger charge is -2.26. The fourth-order valence-electron chi connectivity index (χ4n) is 6.14. The maximum atomic E-state index is 12.5. The minimum atomic E-state index is -0.767. The van der Waals surface area contributed by atoms with Crippen molar-refractivity contribution in [2.24, 2.45) is 0 Å². The van der Waals surface area contributed by atoms with Crippen LogP contribution in [0.1, 0.15) is 47.4 Å². The molecule has 8 rings (SSSR count). The Labute approximate surface area is 356 Å². The Morgan fingerprint density at radius 3 is 1.74 bits per heavy atom. The first-order chi connectivity index (χ1) is 30.3. The van der Waals surface area contributed by atoms with Crippen LogP contribution in [0, 0.1) is 0 Å². The number of aliphatic hydroxyl groups is 1. The molecule has 320 valence electrons. The van der Waals surface area contributed by atoms with Crippen molar-refractivity contribution in [3.8, 4) is 57.5 Å². The van der Waals surface area contributed by atoms with Gasteiger partial charge in [0.2, 0.25) is 0 Å². The van der Waals surface area contributed by atoms with E-state index in [0.29, 0.717) is 103 Å². The van der Waals surface area contributed by atoms with Crippen LogP contribution in [0.2, 0.25) is 0 Å². The summed E-state index contributed by atoms with van der Waals surface area (Å²) < 4.78 is 33.3. The van der Waals surface area contributed by atoms with Gasteiger partial charge in [0, 0.05) is 73.9 Å². The molecule has 19 nitrogen and oxygen atoms in total. The predicted molar refractivity (Wildman–Crippen MR) is 221 cm³/mol. The minimum absolute atomic E-state index is 0.0309. The van der Waals surface area contributed by atoms with Gasteiger partial charge in [-0.3, -0.25) is 19.6 Å². The Morgan fingerprint density at radius 2 is 1.27 bits per heavy atom. The van der Waals surface area contributed by atoms with E-state index in [0.717, 1.165) is 6.42 Å².